The van der Waals surface area contributed by atoms with Gasteiger partial charge in [-0.05, 0) is 34.4 Å². The van der Waals surface area contributed by atoms with Crippen LogP contribution < -0.4 is 5.32 Å². The molecule has 0 amide bonds. The lowest BCUT2D eigenvalue weighted by atomic mass is 10.2. The van der Waals surface area contributed by atoms with Crippen LogP contribution in [0.2, 0.25) is 0 Å². The van der Waals surface area contributed by atoms with Crippen molar-refractivity contribution in [3.05, 3.63) is 30.3 Å². The van der Waals surface area contributed by atoms with Gasteiger partial charge in [-0.1, -0.05) is 37.1 Å². The Labute approximate surface area is 99.8 Å². The Morgan fingerprint density at radius 1 is 1.29 bits per heavy atom. The minimum Gasteiger partial charge on any atom is -0.349 e. The maximum atomic E-state index is 4.03. The van der Waals surface area contributed by atoms with E-state index in [1.165, 1.54) is 0 Å². The molecule has 1 fully saturated rings. The topological polar surface area (TPSA) is 55.6 Å². The van der Waals surface area contributed by atoms with Gasteiger partial charge < -0.3 is 5.32 Å². The smallest absolute Gasteiger partial charge is 0.247 e. The Balaban J connectivity index is 1.85. The summed E-state index contributed by atoms with van der Waals surface area (Å²) in [7, 11) is 0. The summed E-state index contributed by atoms with van der Waals surface area (Å²) in [4.78, 5) is 0. The summed E-state index contributed by atoms with van der Waals surface area (Å²) in [6.45, 7) is 4.47. The average molecular weight is 229 g/mol. The number of hydrogen-bond donors (Lipinski definition) is 1. The van der Waals surface area contributed by atoms with Gasteiger partial charge in [-0.15, -0.1) is 0 Å². The van der Waals surface area contributed by atoms with Crippen molar-refractivity contribution in [2.24, 2.45) is 5.41 Å². The van der Waals surface area contributed by atoms with E-state index in [0.29, 0.717) is 17.4 Å². The van der Waals surface area contributed by atoms with Crippen LogP contribution in [0, 0.1) is 5.41 Å². The number of aromatic nitrogens is 4. The third-order valence-electron chi connectivity index (χ3n) is 3.29. The number of benzene rings is 1. The second-order valence-electron chi connectivity index (χ2n) is 5.14. The van der Waals surface area contributed by atoms with Crippen molar-refractivity contribution in [1.82, 2.24) is 20.2 Å². The fourth-order valence-corrected chi connectivity index (χ4v) is 1.89. The lowest BCUT2D eigenvalue weighted by Crippen LogP contribution is -2.13. The van der Waals surface area contributed by atoms with E-state index in [1.807, 2.05) is 30.3 Å². The van der Waals surface area contributed by atoms with Crippen LogP contribution in [-0.4, -0.2) is 26.2 Å². The predicted octanol–water partition coefficient (Wildman–Crippen LogP) is 1.87. The lowest BCUT2D eigenvalue weighted by Gasteiger charge is -2.07. The number of nitrogens with zero attached hydrogens (tertiary/aromatic N) is 4. The average Bonchev–Trinajstić information content (AvgIpc) is 2.76. The maximum absolute atomic E-state index is 4.03. The third-order valence-corrected chi connectivity index (χ3v) is 3.29. The molecule has 17 heavy (non-hydrogen) atoms. The van der Waals surface area contributed by atoms with Gasteiger partial charge >= 0.3 is 0 Å². The Bertz CT molecular complexity index is 517. The molecule has 88 valence electrons. The minimum atomic E-state index is 0.355. The Morgan fingerprint density at radius 3 is 2.65 bits per heavy atom. The first kappa shape index (κ1) is 10.3. The van der Waals surface area contributed by atoms with Gasteiger partial charge in [0.1, 0.15) is 0 Å². The van der Waals surface area contributed by atoms with Crippen molar-refractivity contribution in [2.75, 3.05) is 5.32 Å². The monoisotopic (exact) mass is 229 g/mol. The summed E-state index contributed by atoms with van der Waals surface area (Å²) in [6, 6.07) is 10.4. The first-order chi connectivity index (χ1) is 8.17. The van der Waals surface area contributed by atoms with Gasteiger partial charge in [-0.25, -0.2) is 0 Å². The van der Waals surface area contributed by atoms with Crippen LogP contribution in [0.25, 0.3) is 5.69 Å². The van der Waals surface area contributed by atoms with Crippen LogP contribution in [-0.2, 0) is 0 Å². The summed E-state index contributed by atoms with van der Waals surface area (Å²) >= 11 is 0. The molecule has 2 aromatic rings. The zero-order chi connectivity index (χ0) is 11.9. The zero-order valence-corrected chi connectivity index (χ0v) is 9.96. The number of anilines is 1. The molecule has 1 aliphatic carbocycles. The number of hydrogen-bond acceptors (Lipinski definition) is 4. The van der Waals surface area contributed by atoms with E-state index in [9.17, 15) is 0 Å². The van der Waals surface area contributed by atoms with E-state index < -0.39 is 0 Å². The highest BCUT2D eigenvalue weighted by Crippen LogP contribution is 2.46. The second kappa shape index (κ2) is 3.55. The zero-order valence-electron chi connectivity index (χ0n) is 9.96. The van der Waals surface area contributed by atoms with Crippen molar-refractivity contribution in [2.45, 2.75) is 26.3 Å². The van der Waals surface area contributed by atoms with E-state index >= 15 is 0 Å². The van der Waals surface area contributed by atoms with Gasteiger partial charge in [0.2, 0.25) is 5.95 Å². The van der Waals surface area contributed by atoms with Crippen LogP contribution in [0.1, 0.15) is 20.3 Å². The van der Waals surface area contributed by atoms with Gasteiger partial charge in [0, 0.05) is 6.04 Å². The molecule has 1 unspecified atom stereocenters. The molecule has 0 bridgehead atoms. The van der Waals surface area contributed by atoms with E-state index in [2.05, 4.69) is 34.7 Å². The first-order valence-electron chi connectivity index (χ1n) is 5.77. The molecular formula is C12H15N5. The molecule has 1 atom stereocenters. The largest absolute Gasteiger partial charge is 0.349 e. The third kappa shape index (κ3) is 1.88. The maximum Gasteiger partial charge on any atom is 0.247 e. The molecule has 3 rings (SSSR count). The molecule has 1 aliphatic rings. The Kier molecular flexibility index (Phi) is 2.14. The second-order valence-corrected chi connectivity index (χ2v) is 5.14. The molecule has 0 spiro atoms. The number of rotatable bonds is 3. The van der Waals surface area contributed by atoms with Crippen molar-refractivity contribution in [1.29, 1.82) is 0 Å². The summed E-state index contributed by atoms with van der Waals surface area (Å²) in [6.07, 6.45) is 1.16. The molecule has 1 heterocycles. The van der Waals surface area contributed by atoms with Crippen molar-refractivity contribution < 1.29 is 0 Å². The molecule has 5 nitrogen and oxygen atoms in total. The van der Waals surface area contributed by atoms with Crippen LogP contribution in [0.4, 0.5) is 5.95 Å². The van der Waals surface area contributed by atoms with Crippen LogP contribution >= 0.6 is 0 Å². The molecule has 1 aromatic heterocycles. The van der Waals surface area contributed by atoms with E-state index in [4.69, 9.17) is 0 Å². The lowest BCUT2D eigenvalue weighted by molar-refractivity contribution is 0.627. The predicted molar refractivity (Wildman–Crippen MR) is 65.0 cm³/mol. The van der Waals surface area contributed by atoms with Gasteiger partial charge in [0.25, 0.3) is 0 Å². The highest BCUT2D eigenvalue weighted by atomic mass is 15.6. The minimum absolute atomic E-state index is 0.355. The molecule has 1 aromatic carbocycles. The highest BCUT2D eigenvalue weighted by Gasteiger charge is 2.46. The highest BCUT2D eigenvalue weighted by molar-refractivity contribution is 5.40. The van der Waals surface area contributed by atoms with Crippen molar-refractivity contribution >= 4 is 5.95 Å². The van der Waals surface area contributed by atoms with Crippen molar-refractivity contribution in [3.8, 4) is 5.69 Å². The summed E-state index contributed by atoms with van der Waals surface area (Å²) in [5, 5.41) is 15.1. The van der Waals surface area contributed by atoms with Crippen LogP contribution in [0.3, 0.4) is 0 Å². The fourth-order valence-electron chi connectivity index (χ4n) is 1.89. The number of para-hydroxylation sites is 1. The summed E-state index contributed by atoms with van der Waals surface area (Å²) < 4.78 is 1.73. The van der Waals surface area contributed by atoms with E-state index in [0.717, 1.165) is 12.1 Å². The van der Waals surface area contributed by atoms with Crippen LogP contribution in [0.5, 0.6) is 0 Å². The quantitative estimate of drug-likeness (QED) is 0.873. The molecule has 0 aliphatic heterocycles. The SMILES string of the molecule is CC1(C)CC1Nc1nnnn1-c1ccccc1. The van der Waals surface area contributed by atoms with E-state index in [-0.39, 0.29) is 0 Å². The van der Waals surface area contributed by atoms with Crippen molar-refractivity contribution in [3.63, 3.8) is 0 Å². The van der Waals surface area contributed by atoms with Gasteiger partial charge in [0.05, 0.1) is 5.69 Å². The summed E-state index contributed by atoms with van der Waals surface area (Å²) in [5.74, 6) is 0.715. The number of nitrogens with one attached hydrogen (secondary N) is 1. The molecule has 0 radical (unpaired) electrons. The summed E-state index contributed by atoms with van der Waals surface area (Å²) in [5.41, 5.74) is 1.33. The molecule has 5 heteroatoms. The van der Waals surface area contributed by atoms with Gasteiger partial charge in [-0.3, -0.25) is 0 Å². The van der Waals surface area contributed by atoms with Gasteiger partial charge in [-0.2, -0.15) is 4.68 Å². The Morgan fingerprint density at radius 2 is 2.00 bits per heavy atom. The molecule has 0 saturated heterocycles. The molecule has 1 saturated carbocycles. The van der Waals surface area contributed by atoms with Crippen LogP contribution in [0.15, 0.2) is 30.3 Å². The van der Waals surface area contributed by atoms with Gasteiger partial charge in [0.15, 0.2) is 0 Å². The van der Waals surface area contributed by atoms with E-state index in [1.54, 1.807) is 4.68 Å². The standard InChI is InChI=1S/C12H15N5/c1-12(2)8-10(12)13-11-14-15-16-17(11)9-6-4-3-5-7-9/h3-7,10H,8H2,1-2H3,(H,13,14,16). The Hall–Kier alpha value is -1.91. The molecule has 1 N–H and O–H groups in total. The normalized spacial score (nSPS) is 21.2. The first-order valence-corrected chi connectivity index (χ1v) is 5.77. The molecular weight excluding hydrogens is 214 g/mol. The fraction of sp³-hybridized carbons (Fsp3) is 0.417. The number of tetrazole rings is 1.